The van der Waals surface area contributed by atoms with Crippen LogP contribution in [-0.4, -0.2) is 41.3 Å². The van der Waals surface area contributed by atoms with E-state index in [1.54, 1.807) is 12.1 Å². The number of hydrogen-bond donors (Lipinski definition) is 2. The Kier molecular flexibility index (Phi) is 5.40. The fourth-order valence-corrected chi connectivity index (χ4v) is 3.33. The molecule has 1 saturated heterocycles. The first kappa shape index (κ1) is 15.7. The lowest BCUT2D eigenvalue weighted by Gasteiger charge is -2.15. The van der Waals surface area contributed by atoms with Gasteiger partial charge in [0.05, 0.1) is 18.1 Å². The Morgan fingerprint density at radius 3 is 3.05 bits per heavy atom. The molecule has 0 aromatic heterocycles. The summed E-state index contributed by atoms with van der Waals surface area (Å²) in [6.07, 6.45) is 0. The van der Waals surface area contributed by atoms with Crippen molar-refractivity contribution in [1.82, 2.24) is 10.0 Å². The third-order valence-corrected chi connectivity index (χ3v) is 5.05. The van der Waals surface area contributed by atoms with Crippen LogP contribution >= 0.6 is 11.6 Å². The van der Waals surface area contributed by atoms with E-state index in [-0.39, 0.29) is 10.8 Å². The highest BCUT2D eigenvalue weighted by atomic mass is 35.5. The van der Waals surface area contributed by atoms with Crippen LogP contribution < -0.4 is 10.0 Å². The van der Waals surface area contributed by atoms with Crippen molar-refractivity contribution in [3.05, 3.63) is 28.8 Å². The van der Waals surface area contributed by atoms with Crippen LogP contribution in [0.4, 0.5) is 0 Å². The summed E-state index contributed by atoms with van der Waals surface area (Å²) in [5.41, 5.74) is 0.854. The molecule has 1 aromatic carbocycles. The third kappa shape index (κ3) is 4.17. The molecule has 0 aliphatic carbocycles. The number of ether oxygens (including phenoxy) is 1. The molecule has 1 heterocycles. The zero-order valence-electron chi connectivity index (χ0n) is 11.4. The monoisotopic (exact) mass is 318 g/mol. The summed E-state index contributed by atoms with van der Waals surface area (Å²) in [4.78, 5) is 0.190. The number of rotatable bonds is 4. The molecule has 20 heavy (non-hydrogen) atoms. The van der Waals surface area contributed by atoms with Gasteiger partial charge in [-0.1, -0.05) is 17.7 Å². The van der Waals surface area contributed by atoms with E-state index < -0.39 is 10.0 Å². The molecule has 1 aromatic rings. The van der Waals surface area contributed by atoms with Crippen LogP contribution in [0.15, 0.2) is 23.1 Å². The van der Waals surface area contributed by atoms with Crippen molar-refractivity contribution in [2.24, 2.45) is 5.92 Å². The Bertz CT molecular complexity index is 555. The first-order valence-corrected chi connectivity index (χ1v) is 8.39. The fraction of sp³-hybridized carbons (Fsp3) is 0.538. The highest BCUT2D eigenvalue weighted by Crippen LogP contribution is 2.19. The first-order chi connectivity index (χ1) is 9.49. The van der Waals surface area contributed by atoms with Crippen molar-refractivity contribution in [2.45, 2.75) is 11.8 Å². The van der Waals surface area contributed by atoms with Gasteiger partial charge in [-0.05, 0) is 24.6 Å². The number of nitrogens with one attached hydrogen (secondary N) is 2. The summed E-state index contributed by atoms with van der Waals surface area (Å²) in [5, 5.41) is 3.66. The molecule has 0 unspecified atom stereocenters. The molecule has 1 atom stereocenters. The molecule has 5 nitrogen and oxygen atoms in total. The second kappa shape index (κ2) is 6.87. The number of benzene rings is 1. The average molecular weight is 319 g/mol. The predicted molar refractivity (Wildman–Crippen MR) is 78.6 cm³/mol. The second-order valence-corrected chi connectivity index (χ2v) is 7.08. The maximum Gasteiger partial charge on any atom is 0.240 e. The maximum atomic E-state index is 12.2. The zero-order valence-corrected chi connectivity index (χ0v) is 12.9. The average Bonchev–Trinajstić information content (AvgIpc) is 2.68. The van der Waals surface area contributed by atoms with E-state index in [0.717, 1.165) is 18.7 Å². The SMILES string of the molecule is Cc1ccc(S(=O)(=O)NC[C@H]2CNCCOC2)cc1Cl. The lowest BCUT2D eigenvalue weighted by Crippen LogP contribution is -2.35. The van der Waals surface area contributed by atoms with Crippen molar-refractivity contribution in [2.75, 3.05) is 32.8 Å². The van der Waals surface area contributed by atoms with Crippen molar-refractivity contribution in [3.8, 4) is 0 Å². The predicted octanol–water partition coefficient (Wildman–Crippen LogP) is 1.16. The quantitative estimate of drug-likeness (QED) is 0.874. The van der Waals surface area contributed by atoms with E-state index in [1.807, 2.05) is 6.92 Å². The van der Waals surface area contributed by atoms with Gasteiger partial charge in [0, 0.05) is 30.6 Å². The van der Waals surface area contributed by atoms with Gasteiger partial charge in [0.15, 0.2) is 0 Å². The fourth-order valence-electron chi connectivity index (χ4n) is 1.94. The minimum Gasteiger partial charge on any atom is -0.380 e. The molecule has 1 fully saturated rings. The molecule has 0 bridgehead atoms. The van der Waals surface area contributed by atoms with E-state index in [4.69, 9.17) is 16.3 Å². The van der Waals surface area contributed by atoms with E-state index in [9.17, 15) is 8.42 Å². The van der Waals surface area contributed by atoms with Crippen LogP contribution in [0.25, 0.3) is 0 Å². The van der Waals surface area contributed by atoms with Crippen molar-refractivity contribution in [3.63, 3.8) is 0 Å². The lowest BCUT2D eigenvalue weighted by atomic mass is 10.2. The Morgan fingerprint density at radius 1 is 1.50 bits per heavy atom. The molecule has 0 saturated carbocycles. The van der Waals surface area contributed by atoms with Crippen molar-refractivity contribution >= 4 is 21.6 Å². The van der Waals surface area contributed by atoms with E-state index in [2.05, 4.69) is 10.0 Å². The Labute approximate surface area is 124 Å². The summed E-state index contributed by atoms with van der Waals surface area (Å²) in [6.45, 7) is 4.95. The van der Waals surface area contributed by atoms with Gasteiger partial charge in [0.1, 0.15) is 0 Å². The lowest BCUT2D eigenvalue weighted by molar-refractivity contribution is 0.124. The van der Waals surface area contributed by atoms with Gasteiger partial charge in [-0.15, -0.1) is 0 Å². The van der Waals surface area contributed by atoms with E-state index in [1.165, 1.54) is 6.07 Å². The topological polar surface area (TPSA) is 67.4 Å². The molecular weight excluding hydrogens is 300 g/mol. The highest BCUT2D eigenvalue weighted by Gasteiger charge is 2.19. The minimum absolute atomic E-state index is 0.133. The molecule has 0 radical (unpaired) electrons. The standard InChI is InChI=1S/C13H19ClN2O3S/c1-10-2-3-12(6-13(10)14)20(17,18)16-8-11-7-15-4-5-19-9-11/h2-3,6,11,15-16H,4-5,7-9H2,1H3/t11-/m1/s1. The maximum absolute atomic E-state index is 12.2. The molecule has 2 rings (SSSR count). The van der Waals surface area contributed by atoms with Gasteiger partial charge in [-0.2, -0.15) is 0 Å². The summed E-state index contributed by atoms with van der Waals surface area (Å²) in [5.74, 6) is 0.133. The Hall–Kier alpha value is -0.660. The molecule has 1 aliphatic heterocycles. The van der Waals surface area contributed by atoms with Crippen LogP contribution in [0, 0.1) is 12.8 Å². The van der Waals surface area contributed by atoms with E-state index >= 15 is 0 Å². The van der Waals surface area contributed by atoms with Crippen LogP contribution in [0.1, 0.15) is 5.56 Å². The number of halogens is 1. The van der Waals surface area contributed by atoms with Gasteiger partial charge in [0.25, 0.3) is 0 Å². The van der Waals surface area contributed by atoms with Crippen LogP contribution in [0.2, 0.25) is 5.02 Å². The summed E-state index contributed by atoms with van der Waals surface area (Å²) < 4.78 is 32.4. The second-order valence-electron chi connectivity index (χ2n) is 4.91. The zero-order chi connectivity index (χ0) is 14.6. The molecule has 1 aliphatic rings. The summed E-state index contributed by atoms with van der Waals surface area (Å²) in [6, 6.07) is 4.74. The van der Waals surface area contributed by atoms with E-state index in [0.29, 0.717) is 24.8 Å². The van der Waals surface area contributed by atoms with Gasteiger partial charge in [-0.3, -0.25) is 0 Å². The molecule has 0 spiro atoms. The van der Waals surface area contributed by atoms with Gasteiger partial charge in [-0.25, -0.2) is 13.1 Å². The summed E-state index contributed by atoms with van der Waals surface area (Å²) >= 11 is 5.97. The Morgan fingerprint density at radius 2 is 2.30 bits per heavy atom. The van der Waals surface area contributed by atoms with Gasteiger partial charge < -0.3 is 10.1 Å². The van der Waals surface area contributed by atoms with Crippen molar-refractivity contribution < 1.29 is 13.2 Å². The summed E-state index contributed by atoms with van der Waals surface area (Å²) in [7, 11) is -3.53. The molecule has 2 N–H and O–H groups in total. The number of sulfonamides is 1. The van der Waals surface area contributed by atoms with Crippen molar-refractivity contribution in [1.29, 1.82) is 0 Å². The number of hydrogen-bond acceptors (Lipinski definition) is 4. The Balaban J connectivity index is 2.01. The third-order valence-electron chi connectivity index (χ3n) is 3.23. The van der Waals surface area contributed by atoms with Crippen LogP contribution in [-0.2, 0) is 14.8 Å². The van der Waals surface area contributed by atoms with Crippen LogP contribution in [0.3, 0.4) is 0 Å². The number of aryl methyl sites for hydroxylation is 1. The van der Waals surface area contributed by atoms with Gasteiger partial charge in [0.2, 0.25) is 10.0 Å². The highest BCUT2D eigenvalue weighted by molar-refractivity contribution is 7.89. The molecular formula is C13H19ClN2O3S. The molecule has 7 heteroatoms. The minimum atomic E-state index is -3.53. The normalized spacial score (nSPS) is 20.6. The first-order valence-electron chi connectivity index (χ1n) is 6.53. The smallest absolute Gasteiger partial charge is 0.240 e. The van der Waals surface area contributed by atoms with Crippen LogP contribution in [0.5, 0.6) is 0 Å². The largest absolute Gasteiger partial charge is 0.380 e. The molecule has 112 valence electrons. The molecule has 0 amide bonds. The van der Waals surface area contributed by atoms with Gasteiger partial charge >= 0.3 is 0 Å².